The maximum atomic E-state index is 6.06. The van der Waals surface area contributed by atoms with Crippen molar-refractivity contribution in [3.63, 3.8) is 0 Å². The van der Waals surface area contributed by atoms with E-state index in [1.165, 1.54) is 0 Å². The van der Waals surface area contributed by atoms with Crippen molar-refractivity contribution < 1.29 is 9.47 Å². The lowest BCUT2D eigenvalue weighted by molar-refractivity contribution is 0.110. The fourth-order valence-electron chi connectivity index (χ4n) is 1.88. The standard InChI is InChI=1S/C16H25NO2/c1-4-7-14-12-13(15(17)5-2)8-9-16(14)19-11-10-18-6-3/h4,8-9,12,15H,1,5-7,10-11,17H2,2-3H3. The van der Waals surface area contributed by atoms with Crippen LogP contribution in [0.25, 0.3) is 0 Å². The molecule has 19 heavy (non-hydrogen) atoms. The molecule has 2 N–H and O–H groups in total. The zero-order valence-corrected chi connectivity index (χ0v) is 12.0. The van der Waals surface area contributed by atoms with E-state index in [9.17, 15) is 0 Å². The maximum absolute atomic E-state index is 6.06. The van der Waals surface area contributed by atoms with E-state index in [0.717, 1.165) is 29.7 Å². The highest BCUT2D eigenvalue weighted by atomic mass is 16.5. The number of hydrogen-bond acceptors (Lipinski definition) is 3. The molecule has 0 saturated heterocycles. The van der Waals surface area contributed by atoms with Gasteiger partial charge in [0.25, 0.3) is 0 Å². The zero-order chi connectivity index (χ0) is 14.1. The number of allylic oxidation sites excluding steroid dienone is 1. The summed E-state index contributed by atoms with van der Waals surface area (Å²) in [5, 5.41) is 0. The molecule has 0 amide bonds. The van der Waals surface area contributed by atoms with Gasteiger partial charge < -0.3 is 15.2 Å². The first-order valence-corrected chi connectivity index (χ1v) is 6.92. The van der Waals surface area contributed by atoms with Crippen molar-refractivity contribution in [3.05, 3.63) is 42.0 Å². The maximum Gasteiger partial charge on any atom is 0.122 e. The van der Waals surface area contributed by atoms with Crippen LogP contribution in [0.4, 0.5) is 0 Å². The fourth-order valence-corrected chi connectivity index (χ4v) is 1.88. The number of hydrogen-bond donors (Lipinski definition) is 1. The average molecular weight is 263 g/mol. The second kappa shape index (κ2) is 8.73. The van der Waals surface area contributed by atoms with E-state index in [1.54, 1.807) is 0 Å². The van der Waals surface area contributed by atoms with Gasteiger partial charge in [0.2, 0.25) is 0 Å². The number of ether oxygens (including phenoxy) is 2. The van der Waals surface area contributed by atoms with Gasteiger partial charge in [0, 0.05) is 12.6 Å². The van der Waals surface area contributed by atoms with E-state index in [-0.39, 0.29) is 6.04 Å². The molecule has 3 heteroatoms. The summed E-state index contributed by atoms with van der Waals surface area (Å²) in [6.07, 6.45) is 3.60. The van der Waals surface area contributed by atoms with Gasteiger partial charge in [-0.25, -0.2) is 0 Å². The molecule has 0 radical (unpaired) electrons. The third-order valence-electron chi connectivity index (χ3n) is 3.01. The Bertz CT molecular complexity index is 390. The summed E-state index contributed by atoms with van der Waals surface area (Å²) in [4.78, 5) is 0. The monoisotopic (exact) mass is 263 g/mol. The first kappa shape index (κ1) is 15.7. The summed E-state index contributed by atoms with van der Waals surface area (Å²) >= 11 is 0. The van der Waals surface area contributed by atoms with Crippen LogP contribution in [-0.2, 0) is 11.2 Å². The molecular weight excluding hydrogens is 238 g/mol. The van der Waals surface area contributed by atoms with Crippen LogP contribution in [0.1, 0.15) is 37.4 Å². The second-order valence-corrected chi connectivity index (χ2v) is 4.42. The molecule has 106 valence electrons. The Morgan fingerprint density at radius 1 is 1.32 bits per heavy atom. The van der Waals surface area contributed by atoms with E-state index >= 15 is 0 Å². The molecule has 1 aromatic rings. The van der Waals surface area contributed by atoms with Crippen LogP contribution in [0.15, 0.2) is 30.9 Å². The highest BCUT2D eigenvalue weighted by Crippen LogP contribution is 2.24. The van der Waals surface area contributed by atoms with Gasteiger partial charge in [-0.3, -0.25) is 0 Å². The van der Waals surface area contributed by atoms with Crippen molar-refractivity contribution in [1.29, 1.82) is 0 Å². The average Bonchev–Trinajstić information content (AvgIpc) is 2.44. The summed E-state index contributed by atoms with van der Waals surface area (Å²) in [6.45, 7) is 9.75. The molecule has 0 aromatic heterocycles. The minimum Gasteiger partial charge on any atom is -0.491 e. The van der Waals surface area contributed by atoms with Gasteiger partial charge in [0.05, 0.1) is 6.61 Å². The summed E-state index contributed by atoms with van der Waals surface area (Å²) < 4.78 is 11.0. The SMILES string of the molecule is C=CCc1cc(C(N)CC)ccc1OCCOCC. The highest BCUT2D eigenvalue weighted by Gasteiger charge is 2.08. The number of nitrogens with two attached hydrogens (primary N) is 1. The molecule has 0 aliphatic carbocycles. The summed E-state index contributed by atoms with van der Waals surface area (Å²) in [5.74, 6) is 0.895. The van der Waals surface area contributed by atoms with Crippen LogP contribution in [-0.4, -0.2) is 19.8 Å². The van der Waals surface area contributed by atoms with Crippen LogP contribution in [0, 0.1) is 0 Å². The lowest BCUT2D eigenvalue weighted by Gasteiger charge is -2.15. The first-order valence-electron chi connectivity index (χ1n) is 6.92. The van der Waals surface area contributed by atoms with Gasteiger partial charge in [0.1, 0.15) is 12.4 Å². The largest absolute Gasteiger partial charge is 0.491 e. The lowest BCUT2D eigenvalue weighted by Crippen LogP contribution is -2.11. The van der Waals surface area contributed by atoms with Crippen LogP contribution >= 0.6 is 0 Å². The van der Waals surface area contributed by atoms with Crippen LogP contribution in [0.5, 0.6) is 5.75 Å². The molecule has 0 spiro atoms. The Morgan fingerprint density at radius 2 is 2.11 bits per heavy atom. The molecule has 1 aromatic carbocycles. The van der Waals surface area contributed by atoms with Gasteiger partial charge in [-0.15, -0.1) is 6.58 Å². The van der Waals surface area contributed by atoms with E-state index in [2.05, 4.69) is 19.6 Å². The van der Waals surface area contributed by atoms with Gasteiger partial charge >= 0.3 is 0 Å². The van der Waals surface area contributed by atoms with Crippen molar-refractivity contribution in [1.82, 2.24) is 0 Å². The molecule has 1 rings (SSSR count). The zero-order valence-electron chi connectivity index (χ0n) is 12.0. The molecule has 0 aliphatic rings. The Labute approximate surface area is 116 Å². The Hall–Kier alpha value is -1.32. The molecule has 1 atom stereocenters. The third-order valence-corrected chi connectivity index (χ3v) is 3.01. The molecule has 0 heterocycles. The smallest absolute Gasteiger partial charge is 0.122 e. The highest BCUT2D eigenvalue weighted by molar-refractivity contribution is 5.39. The van der Waals surface area contributed by atoms with E-state index in [4.69, 9.17) is 15.2 Å². The van der Waals surface area contributed by atoms with Crippen LogP contribution < -0.4 is 10.5 Å². The van der Waals surface area contributed by atoms with Crippen molar-refractivity contribution in [2.75, 3.05) is 19.8 Å². The summed E-state index contributed by atoms with van der Waals surface area (Å²) in [5.41, 5.74) is 8.34. The Balaban J connectivity index is 2.76. The number of rotatable bonds is 9. The van der Waals surface area contributed by atoms with Crippen LogP contribution in [0.2, 0.25) is 0 Å². The lowest BCUT2D eigenvalue weighted by atomic mass is 10.0. The summed E-state index contributed by atoms with van der Waals surface area (Å²) in [7, 11) is 0. The third kappa shape index (κ3) is 5.05. The van der Waals surface area contributed by atoms with Crippen molar-refractivity contribution in [2.45, 2.75) is 32.7 Å². The van der Waals surface area contributed by atoms with E-state index in [1.807, 2.05) is 25.1 Å². The summed E-state index contributed by atoms with van der Waals surface area (Å²) in [6, 6.07) is 6.24. The Kier molecular flexibility index (Phi) is 7.23. The molecule has 0 fully saturated rings. The molecule has 0 saturated carbocycles. The predicted molar refractivity (Wildman–Crippen MR) is 79.6 cm³/mol. The minimum absolute atomic E-state index is 0.0843. The molecule has 1 unspecified atom stereocenters. The minimum atomic E-state index is 0.0843. The van der Waals surface area contributed by atoms with Crippen molar-refractivity contribution in [2.24, 2.45) is 5.73 Å². The van der Waals surface area contributed by atoms with Gasteiger partial charge in [-0.1, -0.05) is 25.1 Å². The quantitative estimate of drug-likeness (QED) is 0.549. The van der Waals surface area contributed by atoms with Crippen molar-refractivity contribution in [3.8, 4) is 5.75 Å². The molecular formula is C16H25NO2. The van der Waals surface area contributed by atoms with Crippen molar-refractivity contribution >= 4 is 0 Å². The topological polar surface area (TPSA) is 44.5 Å². The number of benzene rings is 1. The van der Waals surface area contributed by atoms with Crippen LogP contribution in [0.3, 0.4) is 0 Å². The normalized spacial score (nSPS) is 12.2. The second-order valence-electron chi connectivity index (χ2n) is 4.42. The fraction of sp³-hybridized carbons (Fsp3) is 0.500. The van der Waals surface area contributed by atoms with Gasteiger partial charge in [0.15, 0.2) is 0 Å². The van der Waals surface area contributed by atoms with Gasteiger partial charge in [-0.05, 0) is 37.0 Å². The molecule has 0 bridgehead atoms. The first-order chi connectivity index (χ1) is 9.22. The molecule has 3 nitrogen and oxygen atoms in total. The molecule has 0 aliphatic heterocycles. The predicted octanol–water partition coefficient (Wildman–Crippen LogP) is 3.24. The van der Waals surface area contributed by atoms with E-state index < -0.39 is 0 Å². The van der Waals surface area contributed by atoms with Gasteiger partial charge in [-0.2, -0.15) is 0 Å². The Morgan fingerprint density at radius 3 is 2.74 bits per heavy atom. The van der Waals surface area contributed by atoms with E-state index in [0.29, 0.717) is 19.8 Å².